The maximum atomic E-state index is 11.2. The first-order chi connectivity index (χ1) is 11.1. The maximum absolute atomic E-state index is 11.2. The smallest absolute Gasteiger partial charge is 0.310 e. The number of rotatable bonds is 14. The van der Waals surface area contributed by atoms with E-state index in [4.69, 9.17) is 4.74 Å². The van der Waals surface area contributed by atoms with E-state index in [0.29, 0.717) is 12.8 Å². The number of carbonyl (C=O) groups excluding carboxylic acids is 1. The van der Waals surface area contributed by atoms with Crippen LogP contribution in [0.1, 0.15) is 97.3 Å². The second-order valence-corrected chi connectivity index (χ2v) is 7.08. The molecule has 0 unspecified atom stereocenters. The topological polar surface area (TPSA) is 46.5 Å². The lowest BCUT2D eigenvalue weighted by Crippen LogP contribution is -2.49. The predicted molar refractivity (Wildman–Crippen MR) is 95.3 cm³/mol. The summed E-state index contributed by atoms with van der Waals surface area (Å²) in [6.45, 7) is 4.21. The van der Waals surface area contributed by atoms with Crippen LogP contribution in [0.2, 0.25) is 0 Å². The fourth-order valence-corrected chi connectivity index (χ4v) is 3.36. The highest BCUT2D eigenvalue weighted by Gasteiger charge is 2.46. The summed E-state index contributed by atoms with van der Waals surface area (Å²) in [6.07, 6.45) is 17.9. The van der Waals surface area contributed by atoms with Crippen molar-refractivity contribution in [2.24, 2.45) is 0 Å². The largest absolute Gasteiger partial charge is 0.458 e. The van der Waals surface area contributed by atoms with Crippen molar-refractivity contribution in [3.05, 3.63) is 12.2 Å². The third-order valence-electron chi connectivity index (χ3n) is 4.77. The number of carbonyl (C=O) groups is 1. The third kappa shape index (κ3) is 8.55. The van der Waals surface area contributed by atoms with E-state index in [1.807, 2.05) is 19.1 Å². The van der Waals surface area contributed by atoms with Gasteiger partial charge in [0.15, 0.2) is 0 Å². The van der Waals surface area contributed by atoms with Gasteiger partial charge in [-0.25, -0.2) is 0 Å². The highest BCUT2D eigenvalue weighted by Crippen LogP contribution is 2.37. The second kappa shape index (κ2) is 11.7. The van der Waals surface area contributed by atoms with E-state index < -0.39 is 5.60 Å². The monoisotopic (exact) mass is 324 g/mol. The van der Waals surface area contributed by atoms with E-state index in [1.54, 1.807) is 0 Å². The molecule has 0 aliphatic carbocycles. The number of hydrogen-bond acceptors (Lipinski definition) is 3. The number of unbranched alkanes of at least 4 members (excludes halogenated alkanes) is 8. The molecular weight excluding hydrogens is 288 g/mol. The molecule has 134 valence electrons. The third-order valence-corrected chi connectivity index (χ3v) is 4.77. The van der Waals surface area contributed by atoms with Crippen molar-refractivity contribution in [1.29, 1.82) is 0 Å². The average molecular weight is 325 g/mol. The minimum atomic E-state index is -0.428. The molecule has 0 radical (unpaired) electrons. The first kappa shape index (κ1) is 20.2. The minimum absolute atomic E-state index is 0.134. The Hall–Kier alpha value is -0.830. The van der Waals surface area contributed by atoms with Crippen molar-refractivity contribution in [2.75, 3.05) is 0 Å². The van der Waals surface area contributed by atoms with Gasteiger partial charge in [0.05, 0.1) is 12.5 Å². The van der Waals surface area contributed by atoms with Crippen LogP contribution in [0.4, 0.5) is 0 Å². The summed E-state index contributed by atoms with van der Waals surface area (Å²) < 4.78 is 5.34. The van der Waals surface area contributed by atoms with Gasteiger partial charge in [-0.1, -0.05) is 76.9 Å². The van der Waals surface area contributed by atoms with E-state index in [0.717, 1.165) is 19.3 Å². The molecule has 1 aliphatic rings. The van der Waals surface area contributed by atoms with Crippen LogP contribution in [-0.2, 0) is 9.53 Å². The number of hydrogen-bond donors (Lipinski definition) is 1. The van der Waals surface area contributed by atoms with Gasteiger partial charge >= 0.3 is 5.97 Å². The Kier molecular flexibility index (Phi) is 10.3. The summed E-state index contributed by atoms with van der Waals surface area (Å²) in [7, 11) is 0. The van der Waals surface area contributed by atoms with Gasteiger partial charge in [-0.2, -0.15) is 0 Å². The Labute approximate surface area is 142 Å². The highest BCUT2D eigenvalue weighted by atomic mass is 16.6. The van der Waals surface area contributed by atoms with Crippen LogP contribution >= 0.6 is 0 Å². The lowest BCUT2D eigenvalue weighted by atomic mass is 9.83. The summed E-state index contributed by atoms with van der Waals surface area (Å²) in [5.74, 6) is -0.134. The molecule has 1 saturated heterocycles. The SMILES string of the molecule is C/C=C/C[C@]1(C[C@H](O)CCCCCCCCCCC)CC(=O)O1. The Morgan fingerprint density at radius 3 is 2.22 bits per heavy atom. The van der Waals surface area contributed by atoms with Crippen LogP contribution in [0.3, 0.4) is 0 Å². The van der Waals surface area contributed by atoms with Crippen LogP contribution in [-0.4, -0.2) is 22.8 Å². The van der Waals surface area contributed by atoms with E-state index in [2.05, 4.69) is 6.92 Å². The molecule has 0 aromatic carbocycles. The standard InChI is InChI=1S/C20H36O3/c1-3-5-7-8-9-10-11-12-13-14-18(21)16-20(15-6-4-2)17-19(22)23-20/h4,6,18,21H,3,5,7-17H2,1-2H3/b6-4+/t18-,20+/m1/s1. The number of aliphatic hydroxyl groups is 1. The van der Waals surface area contributed by atoms with Crippen molar-refractivity contribution >= 4 is 5.97 Å². The first-order valence-electron chi connectivity index (χ1n) is 9.63. The summed E-state index contributed by atoms with van der Waals surface area (Å²) in [4.78, 5) is 11.2. The van der Waals surface area contributed by atoms with Crippen LogP contribution in [0.5, 0.6) is 0 Å². The molecule has 1 fully saturated rings. The van der Waals surface area contributed by atoms with Crippen molar-refractivity contribution in [3.63, 3.8) is 0 Å². The second-order valence-electron chi connectivity index (χ2n) is 7.08. The van der Waals surface area contributed by atoms with Gasteiger partial charge in [0, 0.05) is 12.8 Å². The zero-order valence-corrected chi connectivity index (χ0v) is 15.2. The van der Waals surface area contributed by atoms with Gasteiger partial charge in [0.25, 0.3) is 0 Å². The molecule has 3 nitrogen and oxygen atoms in total. The van der Waals surface area contributed by atoms with Crippen molar-refractivity contribution in [1.82, 2.24) is 0 Å². The molecule has 2 atom stereocenters. The minimum Gasteiger partial charge on any atom is -0.458 e. The lowest BCUT2D eigenvalue weighted by Gasteiger charge is -2.41. The molecule has 0 aromatic heterocycles. The summed E-state index contributed by atoms with van der Waals surface area (Å²) in [6, 6.07) is 0. The zero-order valence-electron chi connectivity index (χ0n) is 15.2. The summed E-state index contributed by atoms with van der Waals surface area (Å²) >= 11 is 0. The highest BCUT2D eigenvalue weighted by molar-refractivity contribution is 5.77. The van der Waals surface area contributed by atoms with E-state index in [1.165, 1.54) is 51.4 Å². The molecule has 1 aliphatic heterocycles. The molecule has 3 heteroatoms. The molecule has 0 spiro atoms. The summed E-state index contributed by atoms with van der Waals surface area (Å²) in [5.41, 5.74) is -0.428. The van der Waals surface area contributed by atoms with E-state index >= 15 is 0 Å². The van der Waals surface area contributed by atoms with E-state index in [9.17, 15) is 9.90 Å². The molecule has 0 aromatic rings. The van der Waals surface area contributed by atoms with Crippen molar-refractivity contribution in [2.45, 2.75) is 109 Å². The molecule has 0 saturated carbocycles. The molecule has 23 heavy (non-hydrogen) atoms. The van der Waals surface area contributed by atoms with Crippen molar-refractivity contribution < 1.29 is 14.6 Å². The number of esters is 1. The van der Waals surface area contributed by atoms with Gasteiger partial charge in [0.1, 0.15) is 5.60 Å². The first-order valence-corrected chi connectivity index (χ1v) is 9.63. The molecule has 1 rings (SSSR count). The zero-order chi connectivity index (χ0) is 17.0. The number of cyclic esters (lactones) is 1. The van der Waals surface area contributed by atoms with Crippen LogP contribution in [0.25, 0.3) is 0 Å². The fourth-order valence-electron chi connectivity index (χ4n) is 3.36. The molecule has 0 bridgehead atoms. The molecule has 0 amide bonds. The lowest BCUT2D eigenvalue weighted by molar-refractivity contribution is -0.196. The van der Waals surface area contributed by atoms with Crippen LogP contribution in [0.15, 0.2) is 12.2 Å². The Balaban J connectivity index is 2.05. The average Bonchev–Trinajstić information content (AvgIpc) is 2.49. The van der Waals surface area contributed by atoms with E-state index in [-0.39, 0.29) is 12.1 Å². The fraction of sp³-hybridized carbons (Fsp3) is 0.850. The Morgan fingerprint density at radius 2 is 1.70 bits per heavy atom. The quantitative estimate of drug-likeness (QED) is 0.267. The van der Waals surface area contributed by atoms with Gasteiger partial charge in [0.2, 0.25) is 0 Å². The number of allylic oxidation sites excluding steroid dienone is 1. The molecular formula is C20H36O3. The summed E-state index contributed by atoms with van der Waals surface area (Å²) in [5, 5.41) is 10.2. The van der Waals surface area contributed by atoms with Gasteiger partial charge in [-0.3, -0.25) is 4.79 Å². The van der Waals surface area contributed by atoms with Crippen LogP contribution < -0.4 is 0 Å². The Morgan fingerprint density at radius 1 is 1.13 bits per heavy atom. The van der Waals surface area contributed by atoms with Gasteiger partial charge in [-0.15, -0.1) is 0 Å². The molecule has 1 N–H and O–H groups in total. The molecule has 1 heterocycles. The predicted octanol–water partition coefficient (Wildman–Crippen LogP) is 5.31. The van der Waals surface area contributed by atoms with Gasteiger partial charge < -0.3 is 9.84 Å². The van der Waals surface area contributed by atoms with Gasteiger partial charge in [-0.05, 0) is 13.3 Å². The number of ether oxygens (including phenoxy) is 1. The Bertz CT molecular complexity index is 341. The number of aliphatic hydroxyl groups excluding tert-OH is 1. The van der Waals surface area contributed by atoms with Crippen molar-refractivity contribution in [3.8, 4) is 0 Å². The normalized spacial score (nSPS) is 22.1. The van der Waals surface area contributed by atoms with Crippen LogP contribution in [0, 0.1) is 0 Å². The maximum Gasteiger partial charge on any atom is 0.310 e.